The van der Waals surface area contributed by atoms with Crippen molar-refractivity contribution in [1.82, 2.24) is 5.16 Å². The minimum Gasteiger partial charge on any atom is -0.476 e. The molecule has 92 valence electrons. The van der Waals surface area contributed by atoms with Crippen molar-refractivity contribution in [2.45, 2.75) is 0 Å². The summed E-state index contributed by atoms with van der Waals surface area (Å²) in [6.07, 6.45) is 0. The quantitative estimate of drug-likeness (QED) is 0.900. The maximum absolute atomic E-state index is 10.7. The first-order valence-corrected chi connectivity index (χ1v) is 5.33. The van der Waals surface area contributed by atoms with E-state index in [-0.39, 0.29) is 18.2 Å². The van der Waals surface area contributed by atoms with E-state index in [1.807, 2.05) is 0 Å². The number of hydrogen-bond donors (Lipinski definition) is 1. The van der Waals surface area contributed by atoms with Gasteiger partial charge in [0.25, 0.3) is 0 Å². The second-order valence-corrected chi connectivity index (χ2v) is 3.95. The molecular formula is C11H6ClNO5. The molecule has 0 bridgehead atoms. The molecule has 0 amide bonds. The van der Waals surface area contributed by atoms with Gasteiger partial charge in [-0.05, 0) is 12.1 Å². The molecule has 2 heterocycles. The van der Waals surface area contributed by atoms with Crippen LogP contribution in [-0.4, -0.2) is 23.0 Å². The third kappa shape index (κ3) is 1.58. The number of halogens is 1. The number of carboxylic acid groups (broad SMARTS) is 1. The highest BCUT2D eigenvalue weighted by molar-refractivity contribution is 6.32. The zero-order valence-electron chi connectivity index (χ0n) is 8.84. The van der Waals surface area contributed by atoms with Gasteiger partial charge in [0.2, 0.25) is 6.79 Å². The van der Waals surface area contributed by atoms with Gasteiger partial charge in [-0.25, -0.2) is 4.79 Å². The van der Waals surface area contributed by atoms with Crippen molar-refractivity contribution >= 4 is 17.6 Å². The predicted octanol–water partition coefficient (Wildman–Crippen LogP) is 2.42. The first-order chi connectivity index (χ1) is 8.66. The molecule has 1 aliphatic heterocycles. The Morgan fingerprint density at radius 2 is 2.11 bits per heavy atom. The van der Waals surface area contributed by atoms with Crippen molar-refractivity contribution in [3.05, 3.63) is 28.9 Å². The standard InChI is InChI=1S/C11H6ClNO5/c12-6-2-1-5(9-10(6)17-4-16-9)8-3-7(11(14)15)13-18-8/h1-3H,4H2,(H,14,15). The van der Waals surface area contributed by atoms with Gasteiger partial charge in [-0.15, -0.1) is 0 Å². The van der Waals surface area contributed by atoms with E-state index in [1.165, 1.54) is 6.07 Å². The molecule has 0 spiro atoms. The molecule has 1 N–H and O–H groups in total. The minimum atomic E-state index is -1.16. The van der Waals surface area contributed by atoms with Crippen LogP contribution in [0.25, 0.3) is 11.3 Å². The topological polar surface area (TPSA) is 81.8 Å². The lowest BCUT2D eigenvalue weighted by Crippen LogP contribution is -1.94. The lowest BCUT2D eigenvalue weighted by Gasteiger charge is -2.02. The predicted molar refractivity (Wildman–Crippen MR) is 60.0 cm³/mol. The molecule has 0 fully saturated rings. The lowest BCUT2D eigenvalue weighted by atomic mass is 10.1. The molecule has 6 nitrogen and oxygen atoms in total. The Labute approximate surface area is 106 Å². The summed E-state index contributed by atoms with van der Waals surface area (Å²) in [6, 6.07) is 4.59. The molecule has 1 aromatic carbocycles. The van der Waals surface area contributed by atoms with Crippen molar-refractivity contribution in [3.63, 3.8) is 0 Å². The summed E-state index contributed by atoms with van der Waals surface area (Å²) in [5, 5.41) is 12.6. The molecular weight excluding hydrogens is 262 g/mol. The van der Waals surface area contributed by atoms with E-state index in [1.54, 1.807) is 12.1 Å². The number of aromatic carboxylic acids is 1. The number of hydrogen-bond acceptors (Lipinski definition) is 5. The van der Waals surface area contributed by atoms with E-state index >= 15 is 0 Å². The Kier molecular flexibility index (Phi) is 2.38. The molecule has 18 heavy (non-hydrogen) atoms. The summed E-state index contributed by atoms with van der Waals surface area (Å²) in [6.45, 7) is 0.0615. The Bertz CT molecular complexity index is 636. The van der Waals surface area contributed by atoms with Crippen LogP contribution in [0.3, 0.4) is 0 Å². The fourth-order valence-electron chi connectivity index (χ4n) is 1.66. The Morgan fingerprint density at radius 1 is 1.33 bits per heavy atom. The van der Waals surface area contributed by atoms with Crippen molar-refractivity contribution in [1.29, 1.82) is 0 Å². The van der Waals surface area contributed by atoms with Crippen LogP contribution in [0.15, 0.2) is 22.7 Å². The molecule has 1 aromatic heterocycles. The van der Waals surface area contributed by atoms with Crippen LogP contribution in [0.1, 0.15) is 10.5 Å². The molecule has 0 saturated heterocycles. The van der Waals surface area contributed by atoms with Gasteiger partial charge in [0.15, 0.2) is 23.0 Å². The number of rotatable bonds is 2. The molecule has 0 aliphatic carbocycles. The molecule has 1 aliphatic rings. The summed E-state index contributed by atoms with van der Waals surface area (Å²) in [5.74, 6) is -0.0309. The average Bonchev–Trinajstić information content (AvgIpc) is 2.98. The highest BCUT2D eigenvalue weighted by atomic mass is 35.5. The van der Waals surface area contributed by atoms with E-state index in [2.05, 4.69) is 5.16 Å². The largest absolute Gasteiger partial charge is 0.476 e. The van der Waals surface area contributed by atoms with Gasteiger partial charge in [-0.2, -0.15) is 0 Å². The number of carbonyl (C=O) groups is 1. The Morgan fingerprint density at radius 3 is 2.83 bits per heavy atom. The second-order valence-electron chi connectivity index (χ2n) is 3.54. The van der Waals surface area contributed by atoms with Crippen LogP contribution in [0.5, 0.6) is 11.5 Å². The number of benzene rings is 1. The van der Waals surface area contributed by atoms with Crippen LogP contribution >= 0.6 is 11.6 Å². The van der Waals surface area contributed by atoms with Gasteiger partial charge in [-0.3, -0.25) is 0 Å². The van der Waals surface area contributed by atoms with Crippen LogP contribution in [-0.2, 0) is 0 Å². The van der Waals surface area contributed by atoms with Crippen LogP contribution in [0.2, 0.25) is 5.02 Å². The zero-order valence-corrected chi connectivity index (χ0v) is 9.60. The zero-order chi connectivity index (χ0) is 12.7. The fourth-order valence-corrected chi connectivity index (χ4v) is 1.86. The van der Waals surface area contributed by atoms with E-state index in [9.17, 15) is 4.79 Å². The molecule has 0 saturated carbocycles. The first-order valence-electron chi connectivity index (χ1n) is 4.95. The first kappa shape index (κ1) is 10.9. The smallest absolute Gasteiger partial charge is 0.358 e. The lowest BCUT2D eigenvalue weighted by molar-refractivity contribution is 0.0686. The third-order valence-electron chi connectivity index (χ3n) is 2.47. The van der Waals surface area contributed by atoms with E-state index in [0.717, 1.165) is 0 Å². The molecule has 0 atom stereocenters. The van der Waals surface area contributed by atoms with E-state index in [0.29, 0.717) is 22.1 Å². The SMILES string of the molecule is O=C(O)c1cc(-c2ccc(Cl)c3c2OCO3)on1. The highest BCUT2D eigenvalue weighted by Gasteiger charge is 2.24. The maximum atomic E-state index is 10.7. The third-order valence-corrected chi connectivity index (χ3v) is 2.76. The Hall–Kier alpha value is -2.21. The van der Waals surface area contributed by atoms with E-state index < -0.39 is 5.97 Å². The van der Waals surface area contributed by atoms with Crippen LogP contribution in [0, 0.1) is 0 Å². The molecule has 7 heteroatoms. The van der Waals surface area contributed by atoms with Crippen molar-refractivity contribution in [2.24, 2.45) is 0 Å². The normalized spacial score (nSPS) is 12.7. The van der Waals surface area contributed by atoms with Gasteiger partial charge >= 0.3 is 5.97 Å². The number of nitrogens with zero attached hydrogens (tertiary/aromatic N) is 1. The summed E-state index contributed by atoms with van der Waals surface area (Å²) in [7, 11) is 0. The molecule has 3 rings (SSSR count). The summed E-state index contributed by atoms with van der Waals surface area (Å²) < 4.78 is 15.5. The second kappa shape index (κ2) is 3.92. The van der Waals surface area contributed by atoms with Crippen molar-refractivity contribution in [3.8, 4) is 22.8 Å². The van der Waals surface area contributed by atoms with Crippen LogP contribution in [0.4, 0.5) is 0 Å². The maximum Gasteiger partial charge on any atom is 0.358 e. The van der Waals surface area contributed by atoms with Gasteiger partial charge in [0.05, 0.1) is 10.6 Å². The van der Waals surface area contributed by atoms with Crippen molar-refractivity contribution in [2.75, 3.05) is 6.79 Å². The minimum absolute atomic E-state index is 0.0615. The van der Waals surface area contributed by atoms with E-state index in [4.69, 9.17) is 30.7 Å². The van der Waals surface area contributed by atoms with Gasteiger partial charge in [0, 0.05) is 6.07 Å². The summed E-state index contributed by atoms with van der Waals surface area (Å²) in [4.78, 5) is 10.7. The Balaban J connectivity index is 2.12. The average molecular weight is 268 g/mol. The summed E-state index contributed by atoms with van der Waals surface area (Å²) >= 11 is 5.94. The van der Waals surface area contributed by atoms with Crippen molar-refractivity contribution < 1.29 is 23.9 Å². The van der Waals surface area contributed by atoms with Gasteiger partial charge in [-0.1, -0.05) is 16.8 Å². The number of ether oxygens (including phenoxy) is 2. The molecule has 0 unspecified atom stereocenters. The highest BCUT2D eigenvalue weighted by Crippen LogP contribution is 2.45. The van der Waals surface area contributed by atoms with Crippen LogP contribution < -0.4 is 9.47 Å². The van der Waals surface area contributed by atoms with Gasteiger partial charge < -0.3 is 19.1 Å². The number of fused-ring (bicyclic) bond motifs is 1. The number of aromatic nitrogens is 1. The summed E-state index contributed by atoms with van der Waals surface area (Å²) in [5.41, 5.74) is 0.375. The number of carboxylic acids is 1. The monoisotopic (exact) mass is 267 g/mol. The van der Waals surface area contributed by atoms with Gasteiger partial charge in [0.1, 0.15) is 0 Å². The molecule has 0 radical (unpaired) electrons. The molecule has 2 aromatic rings. The fraction of sp³-hybridized carbons (Fsp3) is 0.0909.